The van der Waals surface area contributed by atoms with Crippen LogP contribution in [0.4, 0.5) is 5.69 Å². The van der Waals surface area contributed by atoms with Crippen LogP contribution >= 0.6 is 11.6 Å². The molecule has 2 N–H and O–H groups in total. The van der Waals surface area contributed by atoms with Crippen molar-refractivity contribution in [1.29, 1.82) is 0 Å². The third kappa shape index (κ3) is 3.97. The van der Waals surface area contributed by atoms with E-state index in [0.29, 0.717) is 5.69 Å². The quantitative estimate of drug-likeness (QED) is 0.890. The van der Waals surface area contributed by atoms with Crippen LogP contribution in [0.1, 0.15) is 10.4 Å². The molecule has 0 aliphatic heterocycles. The highest BCUT2D eigenvalue weighted by Crippen LogP contribution is 2.28. The Labute approximate surface area is 126 Å². The van der Waals surface area contributed by atoms with Gasteiger partial charge in [0.1, 0.15) is 5.56 Å². The maximum Gasteiger partial charge on any atom is 0.339 e. The van der Waals surface area contributed by atoms with E-state index in [-0.39, 0.29) is 22.9 Å². The number of carbonyl (C=O) groups excluding carboxylic acids is 1. The minimum absolute atomic E-state index is 0.0186. The number of nitrogens with one attached hydrogen (secondary N) is 1. The van der Waals surface area contributed by atoms with Crippen LogP contribution in [0, 0.1) is 0 Å². The Morgan fingerprint density at radius 3 is 2.48 bits per heavy atom. The fourth-order valence-electron chi connectivity index (χ4n) is 1.68. The topological polar surface area (TPSA) is 75.6 Å². The number of ether oxygens (including phenoxy) is 1. The van der Waals surface area contributed by atoms with Crippen molar-refractivity contribution in [3.05, 3.63) is 59.1 Å². The number of benzene rings is 2. The SMILES string of the molecule is O=C(COc1c(Cl)cccc1C(=O)O)Nc1ccccc1. The lowest BCUT2D eigenvalue weighted by atomic mass is 10.2. The molecule has 0 unspecified atom stereocenters. The highest BCUT2D eigenvalue weighted by Gasteiger charge is 2.15. The Kier molecular flexibility index (Phi) is 4.79. The van der Waals surface area contributed by atoms with Crippen molar-refractivity contribution in [2.75, 3.05) is 11.9 Å². The van der Waals surface area contributed by atoms with Gasteiger partial charge in [0.2, 0.25) is 0 Å². The zero-order valence-corrected chi connectivity index (χ0v) is 11.6. The van der Waals surface area contributed by atoms with Gasteiger partial charge >= 0.3 is 5.97 Å². The third-order valence-corrected chi connectivity index (χ3v) is 2.90. The normalized spacial score (nSPS) is 9.95. The van der Waals surface area contributed by atoms with E-state index >= 15 is 0 Å². The molecule has 6 heteroatoms. The summed E-state index contributed by atoms with van der Waals surface area (Å²) in [6.45, 7) is -0.334. The number of hydrogen-bond donors (Lipinski definition) is 2. The average Bonchev–Trinajstić information content (AvgIpc) is 2.46. The number of rotatable bonds is 5. The third-order valence-electron chi connectivity index (χ3n) is 2.60. The molecule has 0 saturated heterocycles. The lowest BCUT2D eigenvalue weighted by Crippen LogP contribution is -2.21. The van der Waals surface area contributed by atoms with Gasteiger partial charge in [0, 0.05) is 5.69 Å². The predicted molar refractivity (Wildman–Crippen MR) is 79.0 cm³/mol. The lowest BCUT2D eigenvalue weighted by molar-refractivity contribution is -0.118. The maximum atomic E-state index is 11.8. The summed E-state index contributed by atoms with van der Waals surface area (Å²) in [5.74, 6) is -1.59. The van der Waals surface area contributed by atoms with Crippen molar-refractivity contribution in [1.82, 2.24) is 0 Å². The van der Waals surface area contributed by atoms with Crippen LogP contribution in [0.15, 0.2) is 48.5 Å². The van der Waals surface area contributed by atoms with E-state index in [9.17, 15) is 9.59 Å². The number of hydrogen-bond acceptors (Lipinski definition) is 3. The maximum absolute atomic E-state index is 11.8. The first kappa shape index (κ1) is 14.9. The van der Waals surface area contributed by atoms with Crippen molar-refractivity contribution in [3.8, 4) is 5.75 Å². The van der Waals surface area contributed by atoms with Crippen molar-refractivity contribution in [3.63, 3.8) is 0 Å². The summed E-state index contributed by atoms with van der Waals surface area (Å²) in [6.07, 6.45) is 0. The number of amides is 1. The first-order valence-corrected chi connectivity index (χ1v) is 6.45. The molecule has 21 heavy (non-hydrogen) atoms. The largest absolute Gasteiger partial charge is 0.481 e. The van der Waals surface area contributed by atoms with Crippen LogP contribution in [0.2, 0.25) is 5.02 Å². The highest BCUT2D eigenvalue weighted by atomic mass is 35.5. The monoisotopic (exact) mass is 305 g/mol. The summed E-state index contributed by atoms with van der Waals surface area (Å²) in [6, 6.07) is 13.2. The fourth-order valence-corrected chi connectivity index (χ4v) is 1.91. The molecule has 108 valence electrons. The molecule has 0 atom stereocenters. The van der Waals surface area contributed by atoms with E-state index in [0.717, 1.165) is 0 Å². The molecule has 0 aliphatic rings. The molecular formula is C15H12ClNO4. The Hall–Kier alpha value is -2.53. The van der Waals surface area contributed by atoms with Crippen molar-refractivity contribution in [2.45, 2.75) is 0 Å². The highest BCUT2D eigenvalue weighted by molar-refractivity contribution is 6.32. The van der Waals surface area contributed by atoms with Gasteiger partial charge in [-0.1, -0.05) is 35.9 Å². The zero-order valence-electron chi connectivity index (χ0n) is 10.9. The Morgan fingerprint density at radius 2 is 1.81 bits per heavy atom. The Bertz CT molecular complexity index is 658. The second kappa shape index (κ2) is 6.76. The van der Waals surface area contributed by atoms with Gasteiger partial charge in [0.05, 0.1) is 5.02 Å². The summed E-state index contributed by atoms with van der Waals surface area (Å²) in [4.78, 5) is 22.8. The van der Waals surface area contributed by atoms with Gasteiger partial charge in [-0.2, -0.15) is 0 Å². The van der Waals surface area contributed by atoms with Gasteiger partial charge in [0.25, 0.3) is 5.91 Å². The number of carboxylic acids is 1. The van der Waals surface area contributed by atoms with Crippen LogP contribution in [0.3, 0.4) is 0 Å². The molecule has 5 nitrogen and oxygen atoms in total. The predicted octanol–water partition coefficient (Wildman–Crippen LogP) is 3.06. The van der Waals surface area contributed by atoms with Gasteiger partial charge in [-0.05, 0) is 24.3 Å². The molecule has 0 saturated carbocycles. The summed E-state index contributed by atoms with van der Waals surface area (Å²) in [5, 5.41) is 11.8. The summed E-state index contributed by atoms with van der Waals surface area (Å²) in [5.41, 5.74) is 0.540. The summed E-state index contributed by atoms with van der Waals surface area (Å²) in [7, 11) is 0. The van der Waals surface area contributed by atoms with Crippen LogP contribution in [-0.2, 0) is 4.79 Å². The van der Waals surface area contributed by atoms with Gasteiger partial charge in [-0.15, -0.1) is 0 Å². The average molecular weight is 306 g/mol. The van der Waals surface area contributed by atoms with E-state index in [1.807, 2.05) is 6.07 Å². The van der Waals surface area contributed by atoms with Crippen molar-refractivity contribution in [2.24, 2.45) is 0 Å². The van der Waals surface area contributed by atoms with Crippen LogP contribution < -0.4 is 10.1 Å². The minimum atomic E-state index is -1.17. The van der Waals surface area contributed by atoms with Crippen LogP contribution in [0.25, 0.3) is 0 Å². The molecule has 0 fully saturated rings. The van der Waals surface area contributed by atoms with Crippen molar-refractivity contribution >= 4 is 29.2 Å². The number of carboxylic acid groups (broad SMARTS) is 1. The molecule has 2 aromatic rings. The first-order chi connectivity index (χ1) is 10.1. The van der Waals surface area contributed by atoms with Crippen LogP contribution in [-0.4, -0.2) is 23.6 Å². The van der Waals surface area contributed by atoms with E-state index in [4.69, 9.17) is 21.4 Å². The Morgan fingerprint density at radius 1 is 1.10 bits per heavy atom. The molecule has 2 aromatic carbocycles. The van der Waals surface area contributed by atoms with E-state index < -0.39 is 11.9 Å². The first-order valence-electron chi connectivity index (χ1n) is 6.07. The zero-order chi connectivity index (χ0) is 15.2. The van der Waals surface area contributed by atoms with Gasteiger partial charge < -0.3 is 15.2 Å². The standard InChI is InChI=1S/C15H12ClNO4/c16-12-8-4-7-11(15(19)20)14(12)21-9-13(18)17-10-5-2-1-3-6-10/h1-8H,9H2,(H,17,18)(H,19,20). The number of para-hydroxylation sites is 2. The molecule has 1 amide bonds. The fraction of sp³-hybridized carbons (Fsp3) is 0.0667. The summed E-state index contributed by atoms with van der Waals surface area (Å²) >= 11 is 5.90. The number of anilines is 1. The Balaban J connectivity index is 2.03. The van der Waals surface area contributed by atoms with Gasteiger partial charge in [0.15, 0.2) is 12.4 Å². The molecule has 0 bridgehead atoms. The van der Waals surface area contributed by atoms with Gasteiger partial charge in [-0.3, -0.25) is 4.79 Å². The van der Waals surface area contributed by atoms with E-state index in [1.165, 1.54) is 18.2 Å². The molecule has 0 aromatic heterocycles. The van der Waals surface area contributed by atoms with Crippen LogP contribution in [0.5, 0.6) is 5.75 Å². The smallest absolute Gasteiger partial charge is 0.339 e. The molecule has 2 rings (SSSR count). The molecule has 0 radical (unpaired) electrons. The lowest BCUT2D eigenvalue weighted by Gasteiger charge is -2.11. The number of carbonyl (C=O) groups is 2. The number of halogens is 1. The summed E-state index contributed by atoms with van der Waals surface area (Å²) < 4.78 is 5.24. The molecule has 0 aliphatic carbocycles. The van der Waals surface area contributed by atoms with Crippen molar-refractivity contribution < 1.29 is 19.4 Å². The number of aromatic carboxylic acids is 1. The van der Waals surface area contributed by atoms with E-state index in [1.54, 1.807) is 24.3 Å². The second-order valence-corrected chi connectivity index (χ2v) is 4.53. The minimum Gasteiger partial charge on any atom is -0.481 e. The second-order valence-electron chi connectivity index (χ2n) is 4.12. The molecular weight excluding hydrogens is 294 g/mol. The molecule has 0 heterocycles. The molecule has 0 spiro atoms. The van der Waals surface area contributed by atoms with Gasteiger partial charge in [-0.25, -0.2) is 4.79 Å². The van der Waals surface area contributed by atoms with E-state index in [2.05, 4.69) is 5.32 Å².